The molecule has 2 amide bonds. The summed E-state index contributed by atoms with van der Waals surface area (Å²) < 4.78 is 1.71. The SMILES string of the molecule is CC(C)c1ccc(NC(=O)Nc2cccc3c2cc(C(=O)O)n3Cc2cccc(Cl)c2)cc1. The summed E-state index contributed by atoms with van der Waals surface area (Å²) in [5.74, 6) is -0.640. The first-order valence-electron chi connectivity index (χ1n) is 10.6. The third-order valence-corrected chi connectivity index (χ3v) is 5.71. The summed E-state index contributed by atoms with van der Waals surface area (Å²) in [6, 6.07) is 21.5. The molecule has 4 rings (SSSR count). The molecule has 1 aromatic heterocycles. The van der Waals surface area contributed by atoms with E-state index in [1.165, 1.54) is 5.56 Å². The maximum Gasteiger partial charge on any atom is 0.352 e. The predicted molar refractivity (Wildman–Crippen MR) is 133 cm³/mol. The monoisotopic (exact) mass is 461 g/mol. The third-order valence-electron chi connectivity index (χ3n) is 5.48. The number of aromatic carboxylic acids is 1. The molecule has 0 radical (unpaired) electrons. The predicted octanol–water partition coefficient (Wildman–Crippen LogP) is 6.81. The average Bonchev–Trinajstić information content (AvgIpc) is 3.14. The Balaban J connectivity index is 1.62. The van der Waals surface area contributed by atoms with Gasteiger partial charge in [-0.25, -0.2) is 9.59 Å². The molecule has 6 nitrogen and oxygen atoms in total. The summed E-state index contributed by atoms with van der Waals surface area (Å²) in [7, 11) is 0. The largest absolute Gasteiger partial charge is 0.477 e. The molecular formula is C26H24ClN3O3. The smallest absolute Gasteiger partial charge is 0.352 e. The van der Waals surface area contributed by atoms with Crippen molar-refractivity contribution in [2.45, 2.75) is 26.3 Å². The van der Waals surface area contributed by atoms with E-state index in [1.807, 2.05) is 42.5 Å². The van der Waals surface area contributed by atoms with E-state index in [0.717, 1.165) is 5.56 Å². The highest BCUT2D eigenvalue weighted by molar-refractivity contribution is 6.30. The lowest BCUT2D eigenvalue weighted by Gasteiger charge is -2.11. The number of hydrogen-bond donors (Lipinski definition) is 3. The Bertz CT molecular complexity index is 1330. The second-order valence-electron chi connectivity index (χ2n) is 8.15. The fourth-order valence-corrected chi connectivity index (χ4v) is 4.01. The molecule has 0 fully saturated rings. The van der Waals surface area contributed by atoms with E-state index in [0.29, 0.717) is 39.8 Å². The van der Waals surface area contributed by atoms with Crippen LogP contribution in [0.1, 0.15) is 41.4 Å². The van der Waals surface area contributed by atoms with E-state index < -0.39 is 12.0 Å². The number of hydrogen-bond acceptors (Lipinski definition) is 2. The van der Waals surface area contributed by atoms with Crippen molar-refractivity contribution in [1.82, 2.24) is 4.57 Å². The van der Waals surface area contributed by atoms with Gasteiger partial charge in [-0.3, -0.25) is 0 Å². The normalized spacial score (nSPS) is 11.0. The molecule has 0 aliphatic rings. The average molecular weight is 462 g/mol. The van der Waals surface area contributed by atoms with Crippen LogP contribution in [-0.2, 0) is 6.54 Å². The fourth-order valence-electron chi connectivity index (χ4n) is 3.79. The number of fused-ring (bicyclic) bond motifs is 1. The number of urea groups is 1. The van der Waals surface area contributed by atoms with Gasteiger partial charge in [-0.2, -0.15) is 0 Å². The first-order chi connectivity index (χ1) is 15.8. The number of rotatable bonds is 6. The Morgan fingerprint density at radius 1 is 0.970 bits per heavy atom. The zero-order valence-corrected chi connectivity index (χ0v) is 19.1. The van der Waals surface area contributed by atoms with E-state index >= 15 is 0 Å². The molecule has 0 atom stereocenters. The van der Waals surface area contributed by atoms with Crippen LogP contribution in [-0.4, -0.2) is 21.7 Å². The van der Waals surface area contributed by atoms with Crippen molar-refractivity contribution >= 4 is 45.9 Å². The molecule has 0 saturated carbocycles. The number of amides is 2. The fraction of sp³-hybridized carbons (Fsp3) is 0.154. The van der Waals surface area contributed by atoms with Crippen molar-refractivity contribution in [2.75, 3.05) is 10.6 Å². The molecule has 4 aromatic rings. The van der Waals surface area contributed by atoms with Gasteiger partial charge >= 0.3 is 12.0 Å². The number of anilines is 2. The molecule has 33 heavy (non-hydrogen) atoms. The highest BCUT2D eigenvalue weighted by atomic mass is 35.5. The minimum atomic E-state index is -1.05. The Kier molecular flexibility index (Phi) is 6.38. The number of halogens is 1. The van der Waals surface area contributed by atoms with Crippen LogP contribution in [0.2, 0.25) is 5.02 Å². The Labute approximate surface area is 196 Å². The summed E-state index contributed by atoms with van der Waals surface area (Å²) in [5.41, 5.74) is 4.09. The molecule has 0 bridgehead atoms. The number of carbonyl (C=O) groups is 2. The van der Waals surface area contributed by atoms with Gasteiger partial charge in [0.15, 0.2) is 0 Å². The Morgan fingerprint density at radius 2 is 1.70 bits per heavy atom. The third kappa shape index (κ3) is 5.02. The topological polar surface area (TPSA) is 83.4 Å². The molecule has 0 unspecified atom stereocenters. The van der Waals surface area contributed by atoms with Crippen LogP contribution in [0, 0.1) is 0 Å². The van der Waals surface area contributed by atoms with Gasteiger partial charge in [-0.05, 0) is 59.5 Å². The van der Waals surface area contributed by atoms with Gasteiger partial charge in [0, 0.05) is 22.6 Å². The number of carboxylic acid groups (broad SMARTS) is 1. The zero-order valence-electron chi connectivity index (χ0n) is 18.3. The first kappa shape index (κ1) is 22.4. The van der Waals surface area contributed by atoms with E-state index in [9.17, 15) is 14.7 Å². The number of carboxylic acids is 1. The molecular weight excluding hydrogens is 438 g/mol. The van der Waals surface area contributed by atoms with Crippen LogP contribution in [0.4, 0.5) is 16.2 Å². The van der Waals surface area contributed by atoms with Gasteiger partial charge in [0.1, 0.15) is 5.69 Å². The minimum absolute atomic E-state index is 0.129. The Hall–Kier alpha value is -3.77. The highest BCUT2D eigenvalue weighted by Gasteiger charge is 2.18. The van der Waals surface area contributed by atoms with Crippen LogP contribution in [0.3, 0.4) is 0 Å². The van der Waals surface area contributed by atoms with Gasteiger partial charge in [0.05, 0.1) is 11.2 Å². The quantitative estimate of drug-likeness (QED) is 0.295. The van der Waals surface area contributed by atoms with E-state index in [2.05, 4.69) is 24.5 Å². The number of nitrogens with one attached hydrogen (secondary N) is 2. The van der Waals surface area contributed by atoms with E-state index in [4.69, 9.17) is 11.6 Å². The minimum Gasteiger partial charge on any atom is -0.477 e. The number of carbonyl (C=O) groups excluding carboxylic acids is 1. The van der Waals surface area contributed by atoms with Crippen LogP contribution >= 0.6 is 11.6 Å². The summed E-state index contributed by atoms with van der Waals surface area (Å²) in [5, 5.41) is 16.7. The van der Waals surface area contributed by atoms with Crippen LogP contribution in [0.15, 0.2) is 72.8 Å². The van der Waals surface area contributed by atoms with Crippen molar-refractivity contribution in [3.63, 3.8) is 0 Å². The number of aromatic nitrogens is 1. The lowest BCUT2D eigenvalue weighted by atomic mass is 10.0. The van der Waals surface area contributed by atoms with Crippen LogP contribution < -0.4 is 10.6 Å². The van der Waals surface area contributed by atoms with E-state index in [-0.39, 0.29) is 5.69 Å². The van der Waals surface area contributed by atoms with Gasteiger partial charge in [-0.1, -0.05) is 55.8 Å². The Morgan fingerprint density at radius 3 is 2.36 bits per heavy atom. The summed E-state index contributed by atoms with van der Waals surface area (Å²) in [4.78, 5) is 24.6. The maximum atomic E-state index is 12.6. The van der Waals surface area contributed by atoms with Gasteiger partial charge in [-0.15, -0.1) is 0 Å². The molecule has 1 heterocycles. The number of nitrogens with zero attached hydrogens (tertiary/aromatic N) is 1. The standard InChI is InChI=1S/C26H24ClN3O3/c1-16(2)18-9-11-20(12-10-18)28-26(33)29-22-7-4-8-23-21(22)14-24(25(31)32)30(23)15-17-5-3-6-19(27)13-17/h3-14,16H,15H2,1-2H3,(H,31,32)(H2,28,29,33). The summed E-state index contributed by atoms with van der Waals surface area (Å²) >= 11 is 6.10. The molecule has 7 heteroatoms. The van der Waals surface area contributed by atoms with Crippen molar-refractivity contribution in [1.29, 1.82) is 0 Å². The second-order valence-corrected chi connectivity index (χ2v) is 8.58. The highest BCUT2D eigenvalue weighted by Crippen LogP contribution is 2.29. The molecule has 0 spiro atoms. The van der Waals surface area contributed by atoms with Crippen LogP contribution in [0.5, 0.6) is 0 Å². The van der Waals surface area contributed by atoms with Crippen molar-refractivity contribution in [3.8, 4) is 0 Å². The van der Waals surface area contributed by atoms with Gasteiger partial charge in [0.25, 0.3) is 0 Å². The van der Waals surface area contributed by atoms with Crippen molar-refractivity contribution in [3.05, 3.63) is 94.6 Å². The lowest BCUT2D eigenvalue weighted by Crippen LogP contribution is -2.19. The lowest BCUT2D eigenvalue weighted by molar-refractivity contribution is 0.0686. The summed E-state index contributed by atoms with van der Waals surface area (Å²) in [6.45, 7) is 4.56. The molecule has 3 aromatic carbocycles. The molecule has 0 saturated heterocycles. The van der Waals surface area contributed by atoms with E-state index in [1.54, 1.807) is 34.9 Å². The van der Waals surface area contributed by atoms with Crippen LogP contribution in [0.25, 0.3) is 10.9 Å². The molecule has 3 N–H and O–H groups in total. The maximum absolute atomic E-state index is 12.6. The second kappa shape index (κ2) is 9.38. The molecule has 0 aliphatic carbocycles. The van der Waals surface area contributed by atoms with Crippen molar-refractivity contribution in [2.24, 2.45) is 0 Å². The number of benzene rings is 3. The molecule has 0 aliphatic heterocycles. The zero-order chi connectivity index (χ0) is 23.5. The van der Waals surface area contributed by atoms with Gasteiger partial charge < -0.3 is 20.3 Å². The van der Waals surface area contributed by atoms with Gasteiger partial charge in [0.2, 0.25) is 0 Å². The first-order valence-corrected chi connectivity index (χ1v) is 11.0. The molecule has 168 valence electrons. The summed E-state index contributed by atoms with van der Waals surface area (Å²) in [6.07, 6.45) is 0. The van der Waals surface area contributed by atoms with Crippen molar-refractivity contribution < 1.29 is 14.7 Å².